The number of fused-ring (bicyclic) bond motifs is 1. The SMILES string of the molecule is CCSc1ccc([N+](=O)[O-])cc1C(=O)N1CCc2[nH]ncc2C1. The van der Waals surface area contributed by atoms with Crippen molar-refractivity contribution >= 4 is 23.4 Å². The van der Waals surface area contributed by atoms with E-state index >= 15 is 0 Å². The Hall–Kier alpha value is -2.35. The van der Waals surface area contributed by atoms with Crippen LogP contribution in [0.5, 0.6) is 0 Å². The van der Waals surface area contributed by atoms with Crippen LogP contribution in [-0.4, -0.2) is 38.2 Å². The van der Waals surface area contributed by atoms with Gasteiger partial charge in [0.1, 0.15) is 0 Å². The Bertz CT molecular complexity index is 759. The van der Waals surface area contributed by atoms with Crippen LogP contribution in [0.4, 0.5) is 5.69 Å². The lowest BCUT2D eigenvalue weighted by Crippen LogP contribution is -2.36. The Kier molecular flexibility index (Phi) is 4.33. The summed E-state index contributed by atoms with van der Waals surface area (Å²) in [5.41, 5.74) is 2.39. The van der Waals surface area contributed by atoms with E-state index in [1.54, 1.807) is 17.2 Å². The number of carbonyl (C=O) groups excluding carboxylic acids is 1. The third kappa shape index (κ3) is 3.07. The van der Waals surface area contributed by atoms with Crippen molar-refractivity contribution in [1.82, 2.24) is 15.1 Å². The van der Waals surface area contributed by atoms with Crippen molar-refractivity contribution in [2.75, 3.05) is 12.3 Å². The second-order valence-corrected chi connectivity index (χ2v) is 6.53. The fraction of sp³-hybridized carbons (Fsp3) is 0.333. The summed E-state index contributed by atoms with van der Waals surface area (Å²) in [6.45, 7) is 3.04. The van der Waals surface area contributed by atoms with E-state index < -0.39 is 4.92 Å². The lowest BCUT2D eigenvalue weighted by atomic mass is 10.1. The molecule has 0 spiro atoms. The number of H-pyrrole nitrogens is 1. The number of non-ortho nitro benzene ring substituents is 1. The highest BCUT2D eigenvalue weighted by atomic mass is 32.2. The second kappa shape index (κ2) is 6.41. The number of amides is 1. The number of nitro groups is 1. The fourth-order valence-electron chi connectivity index (χ4n) is 2.65. The summed E-state index contributed by atoms with van der Waals surface area (Å²) in [5.74, 6) is 0.626. The van der Waals surface area contributed by atoms with Crippen LogP contribution < -0.4 is 0 Å². The maximum absolute atomic E-state index is 12.9. The van der Waals surface area contributed by atoms with Crippen LogP contribution in [0.15, 0.2) is 29.3 Å². The molecule has 0 bridgehead atoms. The van der Waals surface area contributed by atoms with Crippen LogP contribution in [0.25, 0.3) is 0 Å². The molecule has 7 nitrogen and oxygen atoms in total. The van der Waals surface area contributed by atoms with Crippen LogP contribution in [0.2, 0.25) is 0 Å². The van der Waals surface area contributed by atoms with Gasteiger partial charge in [0.05, 0.1) is 16.7 Å². The van der Waals surface area contributed by atoms with Crippen molar-refractivity contribution in [2.45, 2.75) is 24.8 Å². The molecule has 0 radical (unpaired) electrons. The zero-order chi connectivity index (χ0) is 16.4. The second-order valence-electron chi connectivity index (χ2n) is 5.22. The monoisotopic (exact) mass is 332 g/mol. The van der Waals surface area contributed by atoms with Crippen LogP contribution >= 0.6 is 11.8 Å². The largest absolute Gasteiger partial charge is 0.334 e. The Morgan fingerprint density at radius 3 is 3.09 bits per heavy atom. The summed E-state index contributed by atoms with van der Waals surface area (Å²) in [6.07, 6.45) is 2.44. The first kappa shape index (κ1) is 15.5. The molecule has 0 aliphatic carbocycles. The van der Waals surface area contributed by atoms with Gasteiger partial charge in [0.15, 0.2) is 0 Å². The highest BCUT2D eigenvalue weighted by Gasteiger charge is 2.26. The topological polar surface area (TPSA) is 92.1 Å². The number of nitrogens with one attached hydrogen (secondary N) is 1. The number of nitro benzene ring substituents is 1. The summed E-state index contributed by atoms with van der Waals surface area (Å²) in [7, 11) is 0. The van der Waals surface area contributed by atoms with Gasteiger partial charge in [-0.1, -0.05) is 6.92 Å². The number of rotatable bonds is 4. The van der Waals surface area contributed by atoms with Crippen molar-refractivity contribution < 1.29 is 9.72 Å². The van der Waals surface area contributed by atoms with Gasteiger partial charge >= 0.3 is 0 Å². The maximum atomic E-state index is 12.9. The summed E-state index contributed by atoms with van der Waals surface area (Å²) >= 11 is 1.51. The van der Waals surface area contributed by atoms with Crippen molar-refractivity contribution in [1.29, 1.82) is 0 Å². The van der Waals surface area contributed by atoms with E-state index in [0.29, 0.717) is 25.1 Å². The first-order valence-corrected chi connectivity index (χ1v) is 8.30. The summed E-state index contributed by atoms with van der Waals surface area (Å²) in [5, 5.41) is 17.9. The molecule has 1 aromatic heterocycles. The molecule has 2 aromatic rings. The van der Waals surface area contributed by atoms with Crippen LogP contribution in [0, 0.1) is 10.1 Å². The Balaban J connectivity index is 1.91. The highest BCUT2D eigenvalue weighted by Crippen LogP contribution is 2.29. The third-order valence-corrected chi connectivity index (χ3v) is 4.75. The van der Waals surface area contributed by atoms with E-state index in [1.807, 2.05) is 6.92 Å². The van der Waals surface area contributed by atoms with Crippen LogP contribution in [0.1, 0.15) is 28.5 Å². The van der Waals surface area contributed by atoms with Crippen molar-refractivity contribution in [3.63, 3.8) is 0 Å². The van der Waals surface area contributed by atoms with Gasteiger partial charge in [0.2, 0.25) is 0 Å². The number of thioether (sulfide) groups is 1. The molecule has 1 aliphatic rings. The lowest BCUT2D eigenvalue weighted by molar-refractivity contribution is -0.384. The van der Waals surface area contributed by atoms with Crippen molar-refractivity contribution in [3.8, 4) is 0 Å². The fourth-order valence-corrected chi connectivity index (χ4v) is 3.42. The summed E-state index contributed by atoms with van der Waals surface area (Å²) in [6, 6.07) is 4.48. The molecular formula is C15H16N4O3S. The molecule has 0 fully saturated rings. The first-order valence-electron chi connectivity index (χ1n) is 7.31. The number of benzene rings is 1. The van der Waals surface area contributed by atoms with Gasteiger partial charge in [-0.05, 0) is 11.8 Å². The molecule has 3 rings (SSSR count). The summed E-state index contributed by atoms with van der Waals surface area (Å²) < 4.78 is 0. The smallest absolute Gasteiger partial charge is 0.270 e. The first-order chi connectivity index (χ1) is 11.1. The average Bonchev–Trinajstić information content (AvgIpc) is 3.02. The van der Waals surface area contributed by atoms with Gasteiger partial charge in [-0.2, -0.15) is 5.10 Å². The minimum atomic E-state index is -0.471. The Morgan fingerprint density at radius 1 is 1.52 bits per heavy atom. The molecule has 0 saturated carbocycles. The predicted molar refractivity (Wildman–Crippen MR) is 86.5 cm³/mol. The minimum Gasteiger partial charge on any atom is -0.334 e. The number of carbonyl (C=O) groups is 1. The zero-order valence-electron chi connectivity index (χ0n) is 12.6. The van der Waals surface area contributed by atoms with Crippen LogP contribution in [-0.2, 0) is 13.0 Å². The van der Waals surface area contributed by atoms with E-state index in [4.69, 9.17) is 0 Å². The molecule has 1 aromatic carbocycles. The molecule has 23 heavy (non-hydrogen) atoms. The number of hydrogen-bond acceptors (Lipinski definition) is 5. The number of aromatic nitrogens is 2. The van der Waals surface area contributed by atoms with E-state index in [9.17, 15) is 14.9 Å². The average molecular weight is 332 g/mol. The van der Waals surface area contributed by atoms with Gasteiger partial charge in [0.25, 0.3) is 11.6 Å². The zero-order valence-corrected chi connectivity index (χ0v) is 13.4. The van der Waals surface area contributed by atoms with Gasteiger partial charge in [-0.15, -0.1) is 11.8 Å². The van der Waals surface area contributed by atoms with Gasteiger partial charge < -0.3 is 4.90 Å². The lowest BCUT2D eigenvalue weighted by Gasteiger charge is -2.27. The molecular weight excluding hydrogens is 316 g/mol. The molecule has 2 heterocycles. The molecule has 120 valence electrons. The van der Waals surface area contributed by atoms with E-state index in [0.717, 1.165) is 21.9 Å². The predicted octanol–water partition coefficient (Wildman–Crippen LogP) is 2.63. The molecule has 1 N–H and O–H groups in total. The molecule has 1 amide bonds. The number of aromatic amines is 1. The molecule has 8 heteroatoms. The van der Waals surface area contributed by atoms with Gasteiger partial charge in [-0.25, -0.2) is 0 Å². The van der Waals surface area contributed by atoms with Crippen LogP contribution in [0.3, 0.4) is 0 Å². The quantitative estimate of drug-likeness (QED) is 0.528. The van der Waals surface area contributed by atoms with Crippen molar-refractivity contribution in [3.05, 3.63) is 51.3 Å². The van der Waals surface area contributed by atoms with Gasteiger partial charge in [0, 0.05) is 47.8 Å². The third-order valence-electron chi connectivity index (χ3n) is 3.79. The molecule has 0 saturated heterocycles. The summed E-state index contributed by atoms with van der Waals surface area (Å²) in [4.78, 5) is 25.9. The Morgan fingerprint density at radius 2 is 2.35 bits per heavy atom. The Labute approximate surface area is 137 Å². The highest BCUT2D eigenvalue weighted by molar-refractivity contribution is 7.99. The maximum Gasteiger partial charge on any atom is 0.270 e. The minimum absolute atomic E-state index is 0.0604. The van der Waals surface area contributed by atoms with E-state index in [-0.39, 0.29) is 11.6 Å². The van der Waals surface area contributed by atoms with E-state index in [2.05, 4.69) is 10.2 Å². The van der Waals surface area contributed by atoms with Gasteiger partial charge in [-0.3, -0.25) is 20.0 Å². The number of hydrogen-bond donors (Lipinski definition) is 1. The molecule has 1 aliphatic heterocycles. The molecule has 0 unspecified atom stereocenters. The normalized spacial score (nSPS) is 13.7. The van der Waals surface area contributed by atoms with E-state index in [1.165, 1.54) is 23.9 Å². The number of nitrogens with zero attached hydrogens (tertiary/aromatic N) is 3. The standard InChI is InChI=1S/C15H16N4O3S/c1-2-23-14-4-3-11(19(21)22)7-12(14)15(20)18-6-5-13-10(9-18)8-16-17-13/h3-4,7-8H,2,5-6,9H2,1H3,(H,16,17). The van der Waals surface area contributed by atoms with Crippen molar-refractivity contribution in [2.24, 2.45) is 0 Å². The molecule has 0 atom stereocenters.